The van der Waals surface area contributed by atoms with Crippen molar-refractivity contribution in [3.05, 3.63) is 0 Å². The Balaban J connectivity index is 1.72. The highest BCUT2D eigenvalue weighted by atomic mass is 32.2. The molecule has 0 amide bonds. The van der Waals surface area contributed by atoms with E-state index in [1.807, 2.05) is 0 Å². The fourth-order valence-electron chi connectivity index (χ4n) is 2.58. The van der Waals surface area contributed by atoms with Crippen LogP contribution in [0.15, 0.2) is 0 Å². The van der Waals surface area contributed by atoms with Crippen molar-refractivity contribution in [2.45, 2.75) is 43.8 Å². The zero-order valence-electron chi connectivity index (χ0n) is 9.33. The first-order valence-corrected chi connectivity index (χ1v) is 6.91. The van der Waals surface area contributed by atoms with Gasteiger partial charge in [0.2, 0.25) is 0 Å². The van der Waals surface area contributed by atoms with Crippen LogP contribution in [0.3, 0.4) is 0 Å². The van der Waals surface area contributed by atoms with Crippen LogP contribution in [0, 0.1) is 0 Å². The van der Waals surface area contributed by atoms with Crippen LogP contribution in [0.5, 0.6) is 0 Å². The van der Waals surface area contributed by atoms with Crippen LogP contribution in [-0.4, -0.2) is 48.6 Å². The van der Waals surface area contributed by atoms with Gasteiger partial charge in [-0.25, -0.2) is 0 Å². The van der Waals surface area contributed by atoms with Gasteiger partial charge in [-0.3, -0.25) is 0 Å². The van der Waals surface area contributed by atoms with Crippen LogP contribution < -0.4 is 5.32 Å². The normalized spacial score (nSPS) is 38.4. The first-order valence-electron chi connectivity index (χ1n) is 5.76. The van der Waals surface area contributed by atoms with E-state index in [-0.39, 0.29) is 0 Å². The molecule has 0 aromatic carbocycles. The predicted octanol–water partition coefficient (Wildman–Crippen LogP) is 1.56. The fraction of sp³-hybridized carbons (Fsp3) is 1.00. The lowest BCUT2D eigenvalue weighted by molar-refractivity contribution is 0.291. The minimum absolute atomic E-state index is 0.797. The average Bonchev–Trinajstić information content (AvgIpc) is 2.75. The molecular formula is C11H22N2S. The van der Waals surface area contributed by atoms with Gasteiger partial charge in [0.15, 0.2) is 0 Å². The smallest absolute Gasteiger partial charge is 0.0168 e. The molecular weight excluding hydrogens is 192 g/mol. The number of hydrogen-bond acceptors (Lipinski definition) is 3. The minimum atomic E-state index is 0.797. The lowest BCUT2D eigenvalue weighted by Gasteiger charge is -2.21. The Bertz CT molecular complexity index is 178. The molecule has 0 aromatic rings. The zero-order chi connectivity index (χ0) is 9.97. The summed E-state index contributed by atoms with van der Waals surface area (Å²) < 4.78 is 0. The van der Waals surface area contributed by atoms with Crippen molar-refractivity contribution in [3.8, 4) is 0 Å². The van der Waals surface area contributed by atoms with Crippen LogP contribution >= 0.6 is 11.8 Å². The highest BCUT2D eigenvalue weighted by molar-refractivity contribution is 7.99. The molecule has 0 bridgehead atoms. The van der Waals surface area contributed by atoms with Gasteiger partial charge in [-0.2, -0.15) is 11.8 Å². The van der Waals surface area contributed by atoms with E-state index in [1.54, 1.807) is 0 Å². The molecule has 82 valence electrons. The minimum Gasteiger partial charge on any atom is -0.310 e. The Kier molecular flexibility index (Phi) is 3.74. The molecule has 1 N–H and O–H groups in total. The Labute approximate surface area is 91.8 Å². The summed E-state index contributed by atoms with van der Waals surface area (Å²) in [5, 5.41) is 3.82. The molecule has 3 atom stereocenters. The molecule has 3 unspecified atom stereocenters. The fourth-order valence-corrected chi connectivity index (χ4v) is 3.74. The van der Waals surface area contributed by atoms with Gasteiger partial charge in [-0.15, -0.1) is 0 Å². The van der Waals surface area contributed by atoms with E-state index < -0.39 is 0 Å². The van der Waals surface area contributed by atoms with E-state index in [1.165, 1.54) is 37.2 Å². The van der Waals surface area contributed by atoms with Crippen molar-refractivity contribution < 1.29 is 0 Å². The van der Waals surface area contributed by atoms with Gasteiger partial charge < -0.3 is 10.2 Å². The van der Waals surface area contributed by atoms with Gasteiger partial charge in [0.1, 0.15) is 0 Å². The van der Waals surface area contributed by atoms with Gasteiger partial charge in [0.05, 0.1) is 0 Å². The summed E-state index contributed by atoms with van der Waals surface area (Å²) >= 11 is 2.10. The maximum Gasteiger partial charge on any atom is 0.0168 e. The SMILES string of the molecule is CN(C)C1CCC(NC2CCSC2)C1. The van der Waals surface area contributed by atoms with Crippen molar-refractivity contribution in [2.24, 2.45) is 0 Å². The molecule has 2 fully saturated rings. The molecule has 1 saturated heterocycles. The monoisotopic (exact) mass is 214 g/mol. The summed E-state index contributed by atoms with van der Waals surface area (Å²) in [5.74, 6) is 2.70. The Morgan fingerprint density at radius 2 is 2.00 bits per heavy atom. The molecule has 2 aliphatic rings. The van der Waals surface area contributed by atoms with Gasteiger partial charge in [0, 0.05) is 23.9 Å². The standard InChI is InChI=1S/C11H22N2S/c1-13(2)11-4-3-9(7-11)12-10-5-6-14-8-10/h9-12H,3-8H2,1-2H3. The third-order valence-corrected chi connectivity index (χ3v) is 4.70. The van der Waals surface area contributed by atoms with Gasteiger partial charge in [0.25, 0.3) is 0 Å². The molecule has 14 heavy (non-hydrogen) atoms. The predicted molar refractivity (Wildman–Crippen MR) is 64.0 cm³/mol. The quantitative estimate of drug-likeness (QED) is 0.767. The van der Waals surface area contributed by atoms with Gasteiger partial charge >= 0.3 is 0 Å². The Morgan fingerprint density at radius 3 is 2.57 bits per heavy atom. The van der Waals surface area contributed by atoms with E-state index in [2.05, 4.69) is 36.1 Å². The van der Waals surface area contributed by atoms with Crippen molar-refractivity contribution in [1.82, 2.24) is 10.2 Å². The van der Waals surface area contributed by atoms with Crippen molar-refractivity contribution in [2.75, 3.05) is 25.6 Å². The summed E-state index contributed by atoms with van der Waals surface area (Å²) in [6, 6.07) is 2.43. The summed E-state index contributed by atoms with van der Waals surface area (Å²) in [4.78, 5) is 2.38. The first-order chi connectivity index (χ1) is 6.75. The summed E-state index contributed by atoms with van der Waals surface area (Å²) in [5.41, 5.74) is 0. The number of thioether (sulfide) groups is 1. The van der Waals surface area contributed by atoms with Crippen molar-refractivity contribution >= 4 is 11.8 Å². The lowest BCUT2D eigenvalue weighted by Crippen LogP contribution is -2.38. The van der Waals surface area contributed by atoms with E-state index in [4.69, 9.17) is 0 Å². The average molecular weight is 214 g/mol. The van der Waals surface area contributed by atoms with Gasteiger partial charge in [-0.05, 0) is 45.5 Å². The zero-order valence-corrected chi connectivity index (χ0v) is 10.1. The van der Waals surface area contributed by atoms with Gasteiger partial charge in [-0.1, -0.05) is 0 Å². The second-order valence-electron chi connectivity index (χ2n) is 4.85. The van der Waals surface area contributed by atoms with Crippen molar-refractivity contribution in [3.63, 3.8) is 0 Å². The molecule has 1 aliphatic carbocycles. The molecule has 1 aliphatic heterocycles. The first kappa shape index (κ1) is 10.8. The van der Waals surface area contributed by atoms with E-state index in [0.29, 0.717) is 0 Å². The summed E-state index contributed by atoms with van der Waals surface area (Å²) in [6.07, 6.45) is 5.50. The Hall–Kier alpha value is 0.270. The molecule has 1 saturated carbocycles. The van der Waals surface area contributed by atoms with Crippen molar-refractivity contribution in [1.29, 1.82) is 0 Å². The van der Waals surface area contributed by atoms with E-state index >= 15 is 0 Å². The molecule has 3 heteroatoms. The lowest BCUT2D eigenvalue weighted by atomic mass is 10.2. The summed E-state index contributed by atoms with van der Waals surface area (Å²) in [6.45, 7) is 0. The highest BCUT2D eigenvalue weighted by Crippen LogP contribution is 2.25. The molecule has 2 rings (SSSR count). The third-order valence-electron chi connectivity index (χ3n) is 3.54. The maximum absolute atomic E-state index is 3.82. The summed E-state index contributed by atoms with van der Waals surface area (Å²) in [7, 11) is 4.41. The van der Waals surface area contributed by atoms with Crippen LogP contribution in [-0.2, 0) is 0 Å². The Morgan fingerprint density at radius 1 is 1.14 bits per heavy atom. The maximum atomic E-state index is 3.82. The van der Waals surface area contributed by atoms with Crippen LogP contribution in [0.2, 0.25) is 0 Å². The molecule has 0 radical (unpaired) electrons. The second kappa shape index (κ2) is 4.86. The highest BCUT2D eigenvalue weighted by Gasteiger charge is 2.28. The number of hydrogen-bond donors (Lipinski definition) is 1. The second-order valence-corrected chi connectivity index (χ2v) is 6.00. The molecule has 0 spiro atoms. The topological polar surface area (TPSA) is 15.3 Å². The third kappa shape index (κ3) is 2.65. The number of nitrogens with zero attached hydrogens (tertiary/aromatic N) is 1. The molecule has 0 aromatic heterocycles. The molecule has 2 nitrogen and oxygen atoms in total. The van der Waals surface area contributed by atoms with Crippen LogP contribution in [0.4, 0.5) is 0 Å². The largest absolute Gasteiger partial charge is 0.310 e. The van der Waals surface area contributed by atoms with Crippen LogP contribution in [0.1, 0.15) is 25.7 Å². The number of nitrogens with one attached hydrogen (secondary N) is 1. The van der Waals surface area contributed by atoms with E-state index in [9.17, 15) is 0 Å². The van der Waals surface area contributed by atoms with Crippen LogP contribution in [0.25, 0.3) is 0 Å². The number of rotatable bonds is 3. The molecule has 1 heterocycles. The van der Waals surface area contributed by atoms with E-state index in [0.717, 1.165) is 18.1 Å².